The van der Waals surface area contributed by atoms with Gasteiger partial charge in [0, 0.05) is 12.1 Å². The average molecular weight is 317 g/mol. The van der Waals surface area contributed by atoms with E-state index in [-0.39, 0.29) is 18.2 Å². The van der Waals surface area contributed by atoms with Gasteiger partial charge in [-0.1, -0.05) is 12.1 Å². The monoisotopic (exact) mass is 317 g/mol. The van der Waals surface area contributed by atoms with Crippen molar-refractivity contribution < 1.29 is 9.53 Å². The van der Waals surface area contributed by atoms with Crippen LogP contribution in [0.1, 0.15) is 43.8 Å². The summed E-state index contributed by atoms with van der Waals surface area (Å²) in [5, 5.41) is 12.1. The molecule has 0 fully saturated rings. The Morgan fingerprint density at radius 3 is 2.78 bits per heavy atom. The van der Waals surface area contributed by atoms with Crippen LogP contribution in [-0.2, 0) is 6.54 Å². The van der Waals surface area contributed by atoms with E-state index in [1.165, 1.54) is 6.33 Å². The quantitative estimate of drug-likeness (QED) is 0.763. The molecule has 7 nitrogen and oxygen atoms in total. The van der Waals surface area contributed by atoms with Crippen LogP contribution >= 0.6 is 0 Å². The molecule has 2 aromatic rings. The minimum Gasteiger partial charge on any atom is -0.491 e. The number of hydrogen-bond acceptors (Lipinski definition) is 4. The minimum absolute atomic E-state index is 0.0795. The number of ether oxygens (including phenoxy) is 1. The molecule has 0 radical (unpaired) electrons. The Bertz CT molecular complexity index is 640. The molecule has 7 heteroatoms. The third-order valence-electron chi connectivity index (χ3n) is 3.22. The second kappa shape index (κ2) is 7.62. The Morgan fingerprint density at radius 2 is 2.13 bits per heavy atom. The first kappa shape index (κ1) is 16.8. The van der Waals surface area contributed by atoms with Gasteiger partial charge in [-0.25, -0.2) is 9.78 Å². The number of benzene rings is 1. The maximum absolute atomic E-state index is 12.0. The smallest absolute Gasteiger partial charge is 0.315 e. The van der Waals surface area contributed by atoms with E-state index in [2.05, 4.69) is 25.8 Å². The number of aryl methyl sites for hydroxylation is 1. The van der Waals surface area contributed by atoms with Crippen LogP contribution in [0.2, 0.25) is 0 Å². The second-order valence-electron chi connectivity index (χ2n) is 5.70. The van der Waals surface area contributed by atoms with E-state index < -0.39 is 0 Å². The second-order valence-corrected chi connectivity index (χ2v) is 5.70. The van der Waals surface area contributed by atoms with Gasteiger partial charge in [0.25, 0.3) is 0 Å². The fourth-order valence-electron chi connectivity index (χ4n) is 2.09. The molecule has 0 spiro atoms. The zero-order valence-electron chi connectivity index (χ0n) is 13.9. The van der Waals surface area contributed by atoms with Crippen molar-refractivity contribution in [3.63, 3.8) is 0 Å². The SMILES string of the molecule is Cc1ccc(CNC(=O)N[C@@H](C)c2ncn[nH]2)c(OC(C)C)c1. The number of amides is 2. The van der Waals surface area contributed by atoms with Crippen LogP contribution in [-0.4, -0.2) is 27.3 Å². The standard InChI is InChI=1S/C16H23N5O2/c1-10(2)23-14-7-11(3)5-6-13(14)8-17-16(22)20-12(4)15-18-9-19-21-15/h5-7,9-10,12H,8H2,1-4H3,(H2,17,20,22)(H,18,19,21)/t12-/m0/s1. The first-order valence-electron chi connectivity index (χ1n) is 7.61. The maximum Gasteiger partial charge on any atom is 0.315 e. The summed E-state index contributed by atoms with van der Waals surface area (Å²) >= 11 is 0. The number of aromatic amines is 1. The molecule has 1 aromatic heterocycles. The van der Waals surface area contributed by atoms with Gasteiger partial charge in [-0.05, 0) is 39.3 Å². The van der Waals surface area contributed by atoms with E-state index in [1.54, 1.807) is 0 Å². The fourth-order valence-corrected chi connectivity index (χ4v) is 2.09. The normalized spacial score (nSPS) is 12.0. The molecule has 0 saturated heterocycles. The molecule has 124 valence electrons. The predicted molar refractivity (Wildman–Crippen MR) is 87.1 cm³/mol. The van der Waals surface area contributed by atoms with Gasteiger partial charge in [0.15, 0.2) is 0 Å². The lowest BCUT2D eigenvalue weighted by Crippen LogP contribution is -2.37. The third kappa shape index (κ3) is 4.98. The van der Waals surface area contributed by atoms with Crippen molar-refractivity contribution in [2.45, 2.75) is 46.4 Å². The minimum atomic E-state index is -0.273. The first-order valence-corrected chi connectivity index (χ1v) is 7.61. The van der Waals surface area contributed by atoms with E-state index >= 15 is 0 Å². The van der Waals surface area contributed by atoms with Crippen LogP contribution in [0.5, 0.6) is 5.75 Å². The van der Waals surface area contributed by atoms with Crippen LogP contribution in [0, 0.1) is 6.92 Å². The number of nitrogens with zero attached hydrogens (tertiary/aromatic N) is 2. The highest BCUT2D eigenvalue weighted by molar-refractivity contribution is 5.74. The lowest BCUT2D eigenvalue weighted by atomic mass is 10.1. The Kier molecular flexibility index (Phi) is 5.56. The summed E-state index contributed by atoms with van der Waals surface area (Å²) in [5.41, 5.74) is 2.06. The van der Waals surface area contributed by atoms with Gasteiger partial charge in [0.2, 0.25) is 0 Å². The molecule has 0 saturated carbocycles. The van der Waals surface area contributed by atoms with E-state index in [1.807, 2.05) is 45.9 Å². The summed E-state index contributed by atoms with van der Waals surface area (Å²) in [6.45, 7) is 8.18. The zero-order valence-corrected chi connectivity index (χ0v) is 13.9. The van der Waals surface area contributed by atoms with Gasteiger partial charge < -0.3 is 15.4 Å². The van der Waals surface area contributed by atoms with Crippen LogP contribution < -0.4 is 15.4 Å². The van der Waals surface area contributed by atoms with E-state index in [0.29, 0.717) is 12.4 Å². The van der Waals surface area contributed by atoms with Crippen molar-refractivity contribution in [3.05, 3.63) is 41.5 Å². The van der Waals surface area contributed by atoms with Crippen molar-refractivity contribution >= 4 is 6.03 Å². The van der Waals surface area contributed by atoms with Gasteiger partial charge in [-0.3, -0.25) is 5.10 Å². The number of H-pyrrole nitrogens is 1. The highest BCUT2D eigenvalue weighted by atomic mass is 16.5. The number of nitrogens with one attached hydrogen (secondary N) is 3. The Labute approximate surface area is 135 Å². The molecule has 23 heavy (non-hydrogen) atoms. The molecule has 0 aliphatic carbocycles. The van der Waals surface area contributed by atoms with Crippen LogP contribution in [0.25, 0.3) is 0 Å². The molecule has 0 bridgehead atoms. The van der Waals surface area contributed by atoms with Crippen LogP contribution in [0.15, 0.2) is 24.5 Å². The highest BCUT2D eigenvalue weighted by Gasteiger charge is 2.12. The maximum atomic E-state index is 12.0. The van der Waals surface area contributed by atoms with Crippen molar-refractivity contribution in [2.75, 3.05) is 0 Å². The Balaban J connectivity index is 1.93. The van der Waals surface area contributed by atoms with Crippen molar-refractivity contribution in [2.24, 2.45) is 0 Å². The number of urea groups is 1. The molecule has 0 unspecified atom stereocenters. The number of aromatic nitrogens is 3. The third-order valence-corrected chi connectivity index (χ3v) is 3.22. The molecule has 0 aliphatic rings. The topological polar surface area (TPSA) is 91.9 Å². The summed E-state index contributed by atoms with van der Waals surface area (Å²) in [4.78, 5) is 16.0. The van der Waals surface area contributed by atoms with Crippen LogP contribution in [0.3, 0.4) is 0 Å². The number of carbonyl (C=O) groups is 1. The van der Waals surface area contributed by atoms with Crippen molar-refractivity contribution in [1.29, 1.82) is 0 Å². The summed E-state index contributed by atoms with van der Waals surface area (Å²) in [6.07, 6.45) is 1.49. The van der Waals surface area contributed by atoms with Gasteiger partial charge in [0.05, 0.1) is 12.1 Å². The lowest BCUT2D eigenvalue weighted by molar-refractivity contribution is 0.234. The molecular formula is C16H23N5O2. The van der Waals surface area contributed by atoms with Crippen molar-refractivity contribution in [3.8, 4) is 5.75 Å². The lowest BCUT2D eigenvalue weighted by Gasteiger charge is -2.16. The van der Waals surface area contributed by atoms with E-state index in [4.69, 9.17) is 4.74 Å². The summed E-state index contributed by atoms with van der Waals surface area (Å²) < 4.78 is 5.80. The van der Waals surface area contributed by atoms with Gasteiger partial charge in [-0.2, -0.15) is 5.10 Å². The van der Waals surface area contributed by atoms with E-state index in [9.17, 15) is 4.79 Å². The molecular weight excluding hydrogens is 294 g/mol. The van der Waals surface area contributed by atoms with E-state index in [0.717, 1.165) is 16.9 Å². The number of carbonyl (C=O) groups excluding carboxylic acids is 1. The molecule has 1 heterocycles. The molecule has 2 rings (SSSR count). The Morgan fingerprint density at radius 1 is 1.35 bits per heavy atom. The first-order chi connectivity index (χ1) is 11.0. The summed E-state index contributed by atoms with van der Waals surface area (Å²) in [6, 6.07) is 5.42. The average Bonchev–Trinajstić information content (AvgIpc) is 3.00. The number of hydrogen-bond donors (Lipinski definition) is 3. The summed E-state index contributed by atoms with van der Waals surface area (Å²) in [7, 11) is 0. The molecule has 1 atom stereocenters. The molecule has 0 aliphatic heterocycles. The van der Waals surface area contributed by atoms with Gasteiger partial charge >= 0.3 is 6.03 Å². The molecule has 3 N–H and O–H groups in total. The van der Waals surface area contributed by atoms with Crippen LogP contribution in [0.4, 0.5) is 4.79 Å². The largest absolute Gasteiger partial charge is 0.491 e. The Hall–Kier alpha value is -2.57. The molecule has 2 amide bonds. The predicted octanol–water partition coefficient (Wildman–Crippen LogP) is 2.46. The highest BCUT2D eigenvalue weighted by Crippen LogP contribution is 2.21. The van der Waals surface area contributed by atoms with Gasteiger partial charge in [0.1, 0.15) is 17.9 Å². The number of rotatable bonds is 6. The zero-order chi connectivity index (χ0) is 16.8. The van der Waals surface area contributed by atoms with Gasteiger partial charge in [-0.15, -0.1) is 0 Å². The van der Waals surface area contributed by atoms with Crippen molar-refractivity contribution in [1.82, 2.24) is 25.8 Å². The summed E-state index contributed by atoms with van der Waals surface area (Å²) in [5.74, 6) is 1.41. The fraction of sp³-hybridized carbons (Fsp3) is 0.438. The molecule has 1 aromatic carbocycles.